The molecule has 5 nitrogen and oxygen atoms in total. The van der Waals surface area contributed by atoms with E-state index >= 15 is 0 Å². The quantitative estimate of drug-likeness (QED) is 0.828. The summed E-state index contributed by atoms with van der Waals surface area (Å²) in [5.41, 5.74) is 7.69. The van der Waals surface area contributed by atoms with Crippen LogP contribution in [0.2, 0.25) is 0 Å². The predicted octanol–water partition coefficient (Wildman–Crippen LogP) is 1.13. The van der Waals surface area contributed by atoms with Crippen molar-refractivity contribution in [2.24, 2.45) is 0 Å². The van der Waals surface area contributed by atoms with Gasteiger partial charge in [-0.1, -0.05) is 6.07 Å². The number of nitrogens with two attached hydrogens (primary N) is 1. The topological polar surface area (TPSA) is 66.6 Å². The Bertz CT molecular complexity index is 484. The van der Waals surface area contributed by atoms with Gasteiger partial charge in [0.15, 0.2) is 0 Å². The molecule has 0 aliphatic rings. The van der Waals surface area contributed by atoms with E-state index in [0.717, 1.165) is 5.56 Å². The Hall–Kier alpha value is -2.04. The summed E-state index contributed by atoms with van der Waals surface area (Å²) < 4.78 is 0. The van der Waals surface area contributed by atoms with Crippen molar-refractivity contribution in [1.29, 1.82) is 0 Å². The van der Waals surface area contributed by atoms with Gasteiger partial charge < -0.3 is 15.5 Å². The Morgan fingerprint density at radius 1 is 1.26 bits per heavy atom. The summed E-state index contributed by atoms with van der Waals surface area (Å²) in [4.78, 5) is 27.1. The van der Waals surface area contributed by atoms with Gasteiger partial charge in [0.1, 0.15) is 0 Å². The molecule has 1 aromatic carbocycles. The molecule has 0 aliphatic heterocycles. The number of anilines is 1. The van der Waals surface area contributed by atoms with Crippen LogP contribution in [0.4, 0.5) is 5.69 Å². The Labute approximate surface area is 114 Å². The number of nitrogen functional groups attached to an aromatic ring is 1. The van der Waals surface area contributed by atoms with Crippen LogP contribution in [0.3, 0.4) is 0 Å². The summed E-state index contributed by atoms with van der Waals surface area (Å²) in [6, 6.07) is 5.24. The maximum absolute atomic E-state index is 12.4. The van der Waals surface area contributed by atoms with E-state index in [0.29, 0.717) is 17.8 Å². The minimum atomic E-state index is -0.164. The minimum absolute atomic E-state index is 0.0799. The molecular formula is C14H21N3O2. The van der Waals surface area contributed by atoms with Crippen molar-refractivity contribution in [1.82, 2.24) is 9.80 Å². The van der Waals surface area contributed by atoms with Crippen molar-refractivity contribution in [2.45, 2.75) is 13.8 Å². The molecule has 19 heavy (non-hydrogen) atoms. The third-order valence-corrected chi connectivity index (χ3v) is 3.10. The van der Waals surface area contributed by atoms with Crippen LogP contribution in [0.1, 0.15) is 22.8 Å². The normalized spacial score (nSPS) is 10.1. The molecule has 0 saturated heterocycles. The predicted molar refractivity (Wildman–Crippen MR) is 75.9 cm³/mol. The molecule has 2 amide bonds. The number of hydrogen-bond acceptors (Lipinski definition) is 3. The van der Waals surface area contributed by atoms with E-state index in [-0.39, 0.29) is 18.4 Å². The summed E-state index contributed by atoms with van der Waals surface area (Å²) >= 11 is 0. The standard InChI is InChI=1S/C14H21N3O2/c1-5-17(9-13(18)16(3)4)14(19)11-7-6-8-12(15)10(11)2/h6-8H,5,9,15H2,1-4H3. The van der Waals surface area contributed by atoms with Crippen LogP contribution in [0.25, 0.3) is 0 Å². The highest BCUT2D eigenvalue weighted by Crippen LogP contribution is 2.17. The van der Waals surface area contributed by atoms with Crippen LogP contribution in [0.5, 0.6) is 0 Å². The molecule has 0 atom stereocenters. The maximum Gasteiger partial charge on any atom is 0.254 e. The van der Waals surface area contributed by atoms with E-state index in [2.05, 4.69) is 0 Å². The zero-order valence-corrected chi connectivity index (χ0v) is 11.9. The molecular weight excluding hydrogens is 242 g/mol. The van der Waals surface area contributed by atoms with E-state index in [9.17, 15) is 9.59 Å². The van der Waals surface area contributed by atoms with Crippen LogP contribution in [0.15, 0.2) is 18.2 Å². The number of amides is 2. The largest absolute Gasteiger partial charge is 0.398 e. The molecule has 0 aromatic heterocycles. The van der Waals surface area contributed by atoms with Crippen molar-refractivity contribution < 1.29 is 9.59 Å². The van der Waals surface area contributed by atoms with Crippen LogP contribution < -0.4 is 5.73 Å². The first-order chi connectivity index (χ1) is 8.88. The third kappa shape index (κ3) is 3.47. The number of nitrogens with zero attached hydrogens (tertiary/aromatic N) is 2. The van der Waals surface area contributed by atoms with E-state index in [4.69, 9.17) is 5.73 Å². The zero-order chi connectivity index (χ0) is 14.6. The Balaban J connectivity index is 2.96. The first kappa shape index (κ1) is 15.0. The number of rotatable bonds is 4. The second-order valence-corrected chi connectivity index (χ2v) is 4.63. The average Bonchev–Trinajstić information content (AvgIpc) is 2.38. The van der Waals surface area contributed by atoms with Gasteiger partial charge in [-0.3, -0.25) is 9.59 Å². The van der Waals surface area contributed by atoms with Gasteiger partial charge in [-0.05, 0) is 31.5 Å². The van der Waals surface area contributed by atoms with E-state index in [1.807, 2.05) is 13.8 Å². The van der Waals surface area contributed by atoms with Crippen molar-refractivity contribution in [3.05, 3.63) is 29.3 Å². The van der Waals surface area contributed by atoms with Gasteiger partial charge in [0, 0.05) is 31.9 Å². The lowest BCUT2D eigenvalue weighted by atomic mass is 10.1. The molecule has 0 fully saturated rings. The highest BCUT2D eigenvalue weighted by Gasteiger charge is 2.20. The summed E-state index contributed by atoms with van der Waals surface area (Å²) in [5, 5.41) is 0. The second kappa shape index (κ2) is 6.22. The maximum atomic E-state index is 12.4. The molecule has 0 saturated carbocycles. The fourth-order valence-corrected chi connectivity index (χ4v) is 1.69. The van der Waals surface area contributed by atoms with Crippen molar-refractivity contribution in [2.75, 3.05) is 32.9 Å². The third-order valence-electron chi connectivity index (χ3n) is 3.10. The van der Waals surface area contributed by atoms with Gasteiger partial charge in [0.25, 0.3) is 5.91 Å². The highest BCUT2D eigenvalue weighted by atomic mass is 16.2. The van der Waals surface area contributed by atoms with Crippen LogP contribution in [0, 0.1) is 6.92 Å². The van der Waals surface area contributed by atoms with Gasteiger partial charge in [-0.15, -0.1) is 0 Å². The molecule has 0 unspecified atom stereocenters. The zero-order valence-electron chi connectivity index (χ0n) is 11.9. The first-order valence-corrected chi connectivity index (χ1v) is 6.23. The molecule has 0 bridgehead atoms. The summed E-state index contributed by atoms with van der Waals surface area (Å²) in [7, 11) is 3.35. The molecule has 1 rings (SSSR count). The van der Waals surface area contributed by atoms with Gasteiger partial charge in [-0.2, -0.15) is 0 Å². The van der Waals surface area contributed by atoms with Crippen LogP contribution >= 0.6 is 0 Å². The Morgan fingerprint density at radius 3 is 2.42 bits per heavy atom. The van der Waals surface area contributed by atoms with Gasteiger partial charge in [0.2, 0.25) is 5.91 Å². The van der Waals surface area contributed by atoms with Crippen molar-refractivity contribution in [3.8, 4) is 0 Å². The number of carbonyl (C=O) groups is 2. The average molecular weight is 263 g/mol. The number of likely N-dealkylation sites (N-methyl/N-ethyl adjacent to an activating group) is 2. The molecule has 0 spiro atoms. The van der Waals surface area contributed by atoms with Gasteiger partial charge in [0.05, 0.1) is 6.54 Å². The van der Waals surface area contributed by atoms with Gasteiger partial charge in [-0.25, -0.2) is 0 Å². The van der Waals surface area contributed by atoms with Crippen LogP contribution in [-0.2, 0) is 4.79 Å². The molecule has 0 aliphatic carbocycles. The monoisotopic (exact) mass is 263 g/mol. The summed E-state index contributed by atoms with van der Waals surface area (Å²) in [6.07, 6.45) is 0. The number of hydrogen-bond donors (Lipinski definition) is 1. The van der Waals surface area contributed by atoms with E-state index < -0.39 is 0 Å². The van der Waals surface area contributed by atoms with Gasteiger partial charge >= 0.3 is 0 Å². The van der Waals surface area contributed by atoms with Crippen LogP contribution in [-0.4, -0.2) is 48.8 Å². The fraction of sp³-hybridized carbons (Fsp3) is 0.429. The highest BCUT2D eigenvalue weighted by molar-refractivity contribution is 5.98. The molecule has 1 aromatic rings. The molecule has 0 radical (unpaired) electrons. The molecule has 5 heteroatoms. The smallest absolute Gasteiger partial charge is 0.254 e. The molecule has 2 N–H and O–H groups in total. The molecule has 0 heterocycles. The van der Waals surface area contributed by atoms with E-state index in [1.54, 1.807) is 32.3 Å². The Morgan fingerprint density at radius 2 is 1.89 bits per heavy atom. The first-order valence-electron chi connectivity index (χ1n) is 6.23. The fourth-order valence-electron chi connectivity index (χ4n) is 1.69. The number of benzene rings is 1. The van der Waals surface area contributed by atoms with E-state index in [1.165, 1.54) is 9.80 Å². The number of carbonyl (C=O) groups excluding carboxylic acids is 2. The summed E-state index contributed by atoms with van der Waals surface area (Å²) in [6.45, 7) is 4.22. The lowest BCUT2D eigenvalue weighted by Crippen LogP contribution is -2.40. The minimum Gasteiger partial charge on any atom is -0.398 e. The molecule has 104 valence electrons. The lowest BCUT2D eigenvalue weighted by Gasteiger charge is -2.23. The lowest BCUT2D eigenvalue weighted by molar-refractivity contribution is -0.129. The van der Waals surface area contributed by atoms with Crippen molar-refractivity contribution >= 4 is 17.5 Å². The summed E-state index contributed by atoms with van der Waals surface area (Å²) in [5.74, 6) is -0.265. The Kier molecular flexibility index (Phi) is 4.92. The second-order valence-electron chi connectivity index (χ2n) is 4.63. The van der Waals surface area contributed by atoms with Crippen molar-refractivity contribution in [3.63, 3.8) is 0 Å². The SMILES string of the molecule is CCN(CC(=O)N(C)C)C(=O)c1cccc(N)c1C.